The topological polar surface area (TPSA) is 111 Å². The molecule has 12 heteroatoms. The van der Waals surface area contributed by atoms with Gasteiger partial charge in [0.05, 0.1) is 11.9 Å². The Bertz CT molecular complexity index is 1010. The van der Waals surface area contributed by atoms with Gasteiger partial charge in [-0.25, -0.2) is 8.42 Å². The predicted octanol–water partition coefficient (Wildman–Crippen LogP) is 2.38. The molecule has 29 heavy (non-hydrogen) atoms. The van der Waals surface area contributed by atoms with E-state index >= 15 is 0 Å². The first-order valence-corrected chi connectivity index (χ1v) is 12.2. The fraction of sp³-hybridized carbons (Fsp3) is 0.353. The van der Waals surface area contributed by atoms with Crippen molar-refractivity contribution in [2.24, 2.45) is 0 Å². The van der Waals surface area contributed by atoms with Crippen molar-refractivity contribution in [3.05, 3.63) is 30.9 Å². The van der Waals surface area contributed by atoms with Gasteiger partial charge in [-0.2, -0.15) is 0 Å². The van der Waals surface area contributed by atoms with Gasteiger partial charge in [0.25, 0.3) is 0 Å². The molecule has 0 fully saturated rings. The van der Waals surface area contributed by atoms with E-state index in [2.05, 4.69) is 22.1 Å². The minimum Gasteiger partial charge on any atom is -0.486 e. The third-order valence-electron chi connectivity index (χ3n) is 3.83. The fourth-order valence-electron chi connectivity index (χ4n) is 2.64. The monoisotopic (exact) mass is 456 g/mol. The van der Waals surface area contributed by atoms with Crippen LogP contribution in [0.3, 0.4) is 0 Å². The molecule has 9 nitrogen and oxygen atoms in total. The minimum atomic E-state index is -3.76. The third-order valence-corrected chi connectivity index (χ3v) is 7.04. The number of nitrogens with one attached hydrogen (secondary N) is 1. The Morgan fingerprint density at radius 1 is 1.38 bits per heavy atom. The minimum absolute atomic E-state index is 0.295. The molecule has 1 aromatic heterocycles. The van der Waals surface area contributed by atoms with Gasteiger partial charge in [0, 0.05) is 11.8 Å². The van der Waals surface area contributed by atoms with Crippen LogP contribution in [0.2, 0.25) is 0 Å². The van der Waals surface area contributed by atoms with Crippen molar-refractivity contribution in [1.82, 2.24) is 10.2 Å². The molecule has 2 heterocycles. The molecule has 0 bridgehead atoms. The lowest BCUT2D eigenvalue weighted by Gasteiger charge is -2.29. The van der Waals surface area contributed by atoms with E-state index < -0.39 is 22.0 Å². The number of thioether (sulfide) groups is 1. The average molecular weight is 457 g/mol. The number of hydrogen-bond acceptors (Lipinski definition) is 9. The molecule has 1 aliphatic heterocycles. The van der Waals surface area contributed by atoms with Crippen LogP contribution in [0, 0.1) is 0 Å². The van der Waals surface area contributed by atoms with Gasteiger partial charge in [0.1, 0.15) is 19.3 Å². The molecule has 1 unspecified atom stereocenters. The number of sulfonamides is 1. The number of hydrogen-bond donors (Lipinski definition) is 1. The maximum absolute atomic E-state index is 12.7. The number of benzene rings is 1. The second-order valence-corrected chi connectivity index (χ2v) is 10.1. The summed E-state index contributed by atoms with van der Waals surface area (Å²) < 4.78 is 37.6. The highest BCUT2D eigenvalue weighted by Crippen LogP contribution is 2.35. The molecule has 1 N–H and O–H groups in total. The molecular weight excluding hydrogens is 436 g/mol. The van der Waals surface area contributed by atoms with Gasteiger partial charge in [-0.05, 0) is 19.1 Å². The summed E-state index contributed by atoms with van der Waals surface area (Å²) in [5, 5.41) is 10.8. The molecule has 2 aromatic rings. The Morgan fingerprint density at radius 3 is 2.79 bits per heavy atom. The van der Waals surface area contributed by atoms with Crippen molar-refractivity contribution in [3.8, 4) is 11.5 Å². The van der Waals surface area contributed by atoms with Gasteiger partial charge < -0.3 is 9.47 Å². The van der Waals surface area contributed by atoms with Crippen LogP contribution in [0.25, 0.3) is 0 Å². The molecule has 0 saturated heterocycles. The Hall–Kier alpha value is -2.31. The highest BCUT2D eigenvalue weighted by atomic mass is 32.2. The first-order valence-electron chi connectivity index (χ1n) is 8.56. The van der Waals surface area contributed by atoms with Gasteiger partial charge in [0.15, 0.2) is 15.8 Å². The van der Waals surface area contributed by atoms with Crippen LogP contribution >= 0.6 is 23.1 Å². The first-order chi connectivity index (χ1) is 13.8. The SMILES string of the molecule is C=CCSc1nnc(NC(=O)C(C)N(c2ccc3c(c2)OCCO3)S(C)(=O)=O)s1. The number of fused-ring (bicyclic) bond motifs is 1. The van der Waals surface area contributed by atoms with Gasteiger partial charge in [0.2, 0.25) is 21.1 Å². The van der Waals surface area contributed by atoms with Crippen molar-refractivity contribution in [1.29, 1.82) is 0 Å². The van der Waals surface area contributed by atoms with E-state index in [9.17, 15) is 13.2 Å². The van der Waals surface area contributed by atoms with E-state index in [1.165, 1.54) is 30.0 Å². The zero-order valence-electron chi connectivity index (χ0n) is 15.8. The fourth-order valence-corrected chi connectivity index (χ4v) is 5.32. The molecule has 1 amide bonds. The van der Waals surface area contributed by atoms with Crippen molar-refractivity contribution in [3.63, 3.8) is 0 Å². The summed E-state index contributed by atoms with van der Waals surface area (Å²) in [4.78, 5) is 12.7. The summed E-state index contributed by atoms with van der Waals surface area (Å²) >= 11 is 2.65. The standard InChI is InChI=1S/C17H20N4O5S3/c1-4-9-27-17-20-19-16(28-17)18-15(22)11(2)21(29(3,23)24)12-5-6-13-14(10-12)26-8-7-25-13/h4-6,10-11H,1,7-9H2,2-3H3,(H,18,19,22). The lowest BCUT2D eigenvalue weighted by Crippen LogP contribution is -2.45. The highest BCUT2D eigenvalue weighted by Gasteiger charge is 2.30. The molecular formula is C17H20N4O5S3. The summed E-state index contributed by atoms with van der Waals surface area (Å²) in [6.07, 6.45) is 2.78. The largest absolute Gasteiger partial charge is 0.486 e. The van der Waals surface area contributed by atoms with E-state index in [0.717, 1.165) is 10.6 Å². The van der Waals surface area contributed by atoms with E-state index in [1.54, 1.807) is 24.3 Å². The summed E-state index contributed by atoms with van der Waals surface area (Å²) in [6.45, 7) is 5.94. The van der Waals surface area contributed by atoms with Crippen molar-refractivity contribution in [2.45, 2.75) is 17.3 Å². The second-order valence-electron chi connectivity index (χ2n) is 6.02. The van der Waals surface area contributed by atoms with Crippen LogP contribution in [0.1, 0.15) is 6.92 Å². The molecule has 0 radical (unpaired) electrons. The van der Waals surface area contributed by atoms with Gasteiger partial charge in [-0.3, -0.25) is 14.4 Å². The Morgan fingerprint density at radius 2 is 2.10 bits per heavy atom. The number of anilines is 2. The quantitative estimate of drug-likeness (QED) is 0.366. The van der Waals surface area contributed by atoms with Crippen LogP contribution in [-0.4, -0.2) is 55.8 Å². The normalized spacial score (nSPS) is 14.1. The molecule has 0 aliphatic carbocycles. The smallest absolute Gasteiger partial charge is 0.249 e. The second kappa shape index (κ2) is 9.01. The van der Waals surface area contributed by atoms with Gasteiger partial charge in [-0.15, -0.1) is 16.8 Å². The van der Waals surface area contributed by atoms with E-state index in [-0.39, 0.29) is 0 Å². The number of nitrogens with zero attached hydrogens (tertiary/aromatic N) is 3. The van der Waals surface area contributed by atoms with Crippen LogP contribution in [0.15, 0.2) is 35.2 Å². The maximum Gasteiger partial charge on any atom is 0.249 e. The van der Waals surface area contributed by atoms with Gasteiger partial charge in [-0.1, -0.05) is 29.2 Å². The van der Waals surface area contributed by atoms with Gasteiger partial charge >= 0.3 is 0 Å². The van der Waals surface area contributed by atoms with Crippen LogP contribution in [0.4, 0.5) is 10.8 Å². The number of carbonyl (C=O) groups excluding carboxylic acids is 1. The number of aromatic nitrogens is 2. The molecule has 3 rings (SSSR count). The van der Waals surface area contributed by atoms with Crippen LogP contribution in [-0.2, 0) is 14.8 Å². The van der Waals surface area contributed by atoms with E-state index in [4.69, 9.17) is 9.47 Å². The molecule has 0 saturated carbocycles. The zero-order valence-corrected chi connectivity index (χ0v) is 18.3. The Balaban J connectivity index is 1.80. The molecule has 156 valence electrons. The highest BCUT2D eigenvalue weighted by molar-refractivity contribution is 8.01. The molecule has 1 aliphatic rings. The van der Waals surface area contributed by atoms with E-state index in [0.29, 0.717) is 45.6 Å². The van der Waals surface area contributed by atoms with E-state index in [1.807, 2.05) is 0 Å². The predicted molar refractivity (Wildman–Crippen MR) is 114 cm³/mol. The summed E-state index contributed by atoms with van der Waals surface area (Å²) in [7, 11) is -3.76. The lowest BCUT2D eigenvalue weighted by atomic mass is 10.2. The molecule has 1 atom stereocenters. The summed E-state index contributed by atoms with van der Waals surface area (Å²) in [6, 6.07) is 3.72. The molecule has 0 spiro atoms. The first kappa shape index (κ1) is 21.4. The number of ether oxygens (including phenoxy) is 2. The van der Waals surface area contributed by atoms with Crippen LogP contribution < -0.4 is 19.1 Å². The number of carbonyl (C=O) groups is 1. The lowest BCUT2D eigenvalue weighted by molar-refractivity contribution is -0.116. The molecule has 1 aromatic carbocycles. The summed E-state index contributed by atoms with van der Waals surface area (Å²) in [5.41, 5.74) is 0.305. The zero-order chi connectivity index (χ0) is 21.0. The number of rotatable bonds is 8. The Labute approximate surface area is 177 Å². The summed E-state index contributed by atoms with van der Waals surface area (Å²) in [5.74, 6) is 1.11. The van der Waals surface area contributed by atoms with Crippen molar-refractivity contribution >= 4 is 49.8 Å². The van der Waals surface area contributed by atoms with Crippen LogP contribution in [0.5, 0.6) is 11.5 Å². The van der Waals surface area contributed by atoms with Crippen molar-refractivity contribution < 1.29 is 22.7 Å². The van der Waals surface area contributed by atoms with Crippen molar-refractivity contribution in [2.75, 3.05) is 34.8 Å². The Kier molecular flexibility index (Phi) is 6.65. The maximum atomic E-state index is 12.7. The third kappa shape index (κ3) is 5.19. The average Bonchev–Trinajstić information content (AvgIpc) is 3.12. The number of amides is 1.